The molecule has 21 heavy (non-hydrogen) atoms. The van der Waals surface area contributed by atoms with Crippen molar-refractivity contribution in [2.24, 2.45) is 5.41 Å². The quantitative estimate of drug-likeness (QED) is 0.653. The van der Waals surface area contributed by atoms with Gasteiger partial charge in [0.05, 0.1) is 23.5 Å². The highest BCUT2D eigenvalue weighted by Crippen LogP contribution is 2.37. The molecule has 1 aliphatic carbocycles. The minimum atomic E-state index is -0.359. The number of ether oxygens (including phenoxy) is 1. The number of esters is 1. The molecule has 1 atom stereocenters. The lowest BCUT2D eigenvalue weighted by Crippen LogP contribution is -2.32. The van der Waals surface area contributed by atoms with E-state index in [0.29, 0.717) is 29.3 Å². The zero-order chi connectivity index (χ0) is 15.5. The van der Waals surface area contributed by atoms with Crippen LogP contribution in [0.2, 0.25) is 0 Å². The number of hydrogen-bond acceptors (Lipinski definition) is 4. The third-order valence-electron chi connectivity index (χ3n) is 4.17. The van der Waals surface area contributed by atoms with Gasteiger partial charge in [-0.2, -0.15) is 0 Å². The number of benzene rings is 1. The topological polar surface area (TPSA) is 64.3 Å². The highest BCUT2D eigenvalue weighted by molar-refractivity contribution is 5.98. The van der Waals surface area contributed by atoms with E-state index in [0.717, 1.165) is 18.5 Å². The van der Waals surface area contributed by atoms with Crippen LogP contribution < -0.4 is 11.1 Å². The van der Waals surface area contributed by atoms with Gasteiger partial charge in [0.1, 0.15) is 0 Å². The Balaban J connectivity index is 2.13. The fraction of sp³-hybridized carbons (Fsp3) is 0.588. The normalized spacial score (nSPS) is 20.8. The molecule has 0 amide bonds. The lowest BCUT2D eigenvalue weighted by molar-refractivity contribution is 0.0527. The van der Waals surface area contributed by atoms with Gasteiger partial charge in [0, 0.05) is 6.04 Å². The lowest BCUT2D eigenvalue weighted by Gasteiger charge is -2.36. The second-order valence-corrected chi connectivity index (χ2v) is 6.59. The Labute approximate surface area is 127 Å². The molecular formula is C17H26N2O2. The molecule has 4 nitrogen and oxygen atoms in total. The molecule has 2 rings (SSSR count). The van der Waals surface area contributed by atoms with E-state index in [9.17, 15) is 4.79 Å². The molecule has 3 N–H and O–H groups in total. The molecule has 1 unspecified atom stereocenters. The fourth-order valence-electron chi connectivity index (χ4n) is 3.12. The SMILES string of the molecule is CCOC(=O)c1cccc(NC2CCCC(C)(C)C2)c1N. The van der Waals surface area contributed by atoms with E-state index in [1.54, 1.807) is 13.0 Å². The summed E-state index contributed by atoms with van der Waals surface area (Å²) in [6.45, 7) is 6.76. The van der Waals surface area contributed by atoms with Gasteiger partial charge >= 0.3 is 5.97 Å². The van der Waals surface area contributed by atoms with Gasteiger partial charge in [0.2, 0.25) is 0 Å². The van der Waals surface area contributed by atoms with E-state index in [4.69, 9.17) is 10.5 Å². The molecule has 0 spiro atoms. The van der Waals surface area contributed by atoms with Crippen molar-refractivity contribution < 1.29 is 9.53 Å². The predicted octanol–water partition coefficient (Wildman–Crippen LogP) is 3.83. The summed E-state index contributed by atoms with van der Waals surface area (Å²) in [4.78, 5) is 11.9. The van der Waals surface area contributed by atoms with E-state index in [1.165, 1.54) is 12.8 Å². The molecule has 0 aromatic heterocycles. The Hall–Kier alpha value is -1.71. The third kappa shape index (κ3) is 3.90. The average molecular weight is 290 g/mol. The minimum Gasteiger partial charge on any atom is -0.462 e. The van der Waals surface area contributed by atoms with E-state index in [2.05, 4.69) is 19.2 Å². The molecule has 0 radical (unpaired) electrons. The Bertz CT molecular complexity index is 512. The van der Waals surface area contributed by atoms with Gasteiger partial charge in [-0.25, -0.2) is 4.79 Å². The maximum absolute atomic E-state index is 11.9. The predicted molar refractivity (Wildman–Crippen MR) is 86.5 cm³/mol. The van der Waals surface area contributed by atoms with Crippen molar-refractivity contribution in [2.45, 2.75) is 52.5 Å². The molecule has 0 saturated heterocycles. The van der Waals surface area contributed by atoms with Crippen LogP contribution in [0.3, 0.4) is 0 Å². The Morgan fingerprint density at radius 1 is 1.48 bits per heavy atom. The number of nitrogen functional groups attached to an aromatic ring is 1. The summed E-state index contributed by atoms with van der Waals surface area (Å²) in [6, 6.07) is 5.90. The van der Waals surface area contributed by atoms with Gasteiger partial charge in [0.25, 0.3) is 0 Å². The number of carbonyl (C=O) groups is 1. The van der Waals surface area contributed by atoms with Gasteiger partial charge in [0.15, 0.2) is 0 Å². The van der Waals surface area contributed by atoms with Crippen molar-refractivity contribution >= 4 is 17.3 Å². The summed E-state index contributed by atoms with van der Waals surface area (Å²) >= 11 is 0. The van der Waals surface area contributed by atoms with Crippen LogP contribution in [0.4, 0.5) is 11.4 Å². The van der Waals surface area contributed by atoms with Crippen LogP contribution in [0.15, 0.2) is 18.2 Å². The van der Waals surface area contributed by atoms with Crippen molar-refractivity contribution in [3.05, 3.63) is 23.8 Å². The third-order valence-corrected chi connectivity index (χ3v) is 4.17. The van der Waals surface area contributed by atoms with Crippen molar-refractivity contribution in [3.8, 4) is 0 Å². The molecule has 1 aliphatic rings. The maximum atomic E-state index is 11.9. The van der Waals surface area contributed by atoms with E-state index in [1.807, 2.05) is 12.1 Å². The number of carbonyl (C=O) groups excluding carboxylic acids is 1. The first kappa shape index (κ1) is 15.7. The summed E-state index contributed by atoms with van der Waals surface area (Å²) < 4.78 is 5.04. The Morgan fingerprint density at radius 3 is 2.90 bits per heavy atom. The van der Waals surface area contributed by atoms with Crippen LogP contribution in [0, 0.1) is 5.41 Å². The van der Waals surface area contributed by atoms with Gasteiger partial charge in [-0.3, -0.25) is 0 Å². The number of para-hydroxylation sites is 1. The van der Waals surface area contributed by atoms with E-state index < -0.39 is 0 Å². The number of nitrogens with one attached hydrogen (secondary N) is 1. The van der Waals surface area contributed by atoms with Crippen molar-refractivity contribution in [3.63, 3.8) is 0 Å². The summed E-state index contributed by atoms with van der Waals surface area (Å²) in [5, 5.41) is 3.51. The molecular weight excluding hydrogens is 264 g/mol. The van der Waals surface area contributed by atoms with E-state index >= 15 is 0 Å². The molecule has 116 valence electrons. The number of anilines is 2. The summed E-state index contributed by atoms with van der Waals surface area (Å²) in [5.74, 6) is -0.359. The average Bonchev–Trinajstić information content (AvgIpc) is 2.40. The molecule has 4 heteroatoms. The van der Waals surface area contributed by atoms with Crippen LogP contribution in [-0.4, -0.2) is 18.6 Å². The maximum Gasteiger partial charge on any atom is 0.340 e. The molecule has 1 aromatic carbocycles. The monoisotopic (exact) mass is 290 g/mol. The standard InChI is InChI=1S/C17H26N2O2/c1-4-21-16(20)13-8-5-9-14(15(13)18)19-12-7-6-10-17(2,3)11-12/h5,8-9,12,19H,4,6-7,10-11,18H2,1-3H3. The molecule has 1 saturated carbocycles. The highest BCUT2D eigenvalue weighted by atomic mass is 16.5. The van der Waals surface area contributed by atoms with Gasteiger partial charge in [-0.1, -0.05) is 26.3 Å². The molecule has 1 fully saturated rings. The first-order valence-corrected chi connectivity index (χ1v) is 7.75. The van der Waals surface area contributed by atoms with Crippen LogP contribution in [0.25, 0.3) is 0 Å². The van der Waals surface area contributed by atoms with Crippen LogP contribution in [-0.2, 0) is 4.74 Å². The van der Waals surface area contributed by atoms with Crippen LogP contribution in [0.5, 0.6) is 0 Å². The number of hydrogen-bond donors (Lipinski definition) is 2. The first-order chi connectivity index (χ1) is 9.93. The summed E-state index contributed by atoms with van der Waals surface area (Å²) in [6.07, 6.45) is 4.76. The minimum absolute atomic E-state index is 0.354. The van der Waals surface area contributed by atoms with E-state index in [-0.39, 0.29) is 5.97 Å². The fourth-order valence-corrected chi connectivity index (χ4v) is 3.12. The lowest BCUT2D eigenvalue weighted by atomic mass is 9.75. The first-order valence-electron chi connectivity index (χ1n) is 7.75. The Morgan fingerprint density at radius 2 is 2.24 bits per heavy atom. The molecule has 0 heterocycles. The molecule has 1 aromatic rings. The van der Waals surface area contributed by atoms with Crippen molar-refractivity contribution in [1.82, 2.24) is 0 Å². The van der Waals surface area contributed by atoms with Crippen LogP contribution in [0.1, 0.15) is 56.8 Å². The van der Waals surface area contributed by atoms with Crippen molar-refractivity contribution in [2.75, 3.05) is 17.7 Å². The van der Waals surface area contributed by atoms with Gasteiger partial charge in [-0.15, -0.1) is 0 Å². The van der Waals surface area contributed by atoms with Crippen molar-refractivity contribution in [1.29, 1.82) is 0 Å². The zero-order valence-electron chi connectivity index (χ0n) is 13.2. The smallest absolute Gasteiger partial charge is 0.340 e. The highest BCUT2D eigenvalue weighted by Gasteiger charge is 2.28. The number of nitrogens with two attached hydrogens (primary N) is 1. The zero-order valence-corrected chi connectivity index (χ0v) is 13.2. The largest absolute Gasteiger partial charge is 0.462 e. The summed E-state index contributed by atoms with van der Waals surface area (Å²) in [7, 11) is 0. The Kier molecular flexibility index (Phi) is 4.76. The van der Waals surface area contributed by atoms with Crippen LogP contribution >= 0.6 is 0 Å². The summed E-state index contributed by atoms with van der Waals surface area (Å²) in [5.41, 5.74) is 8.26. The molecule has 0 aliphatic heterocycles. The second-order valence-electron chi connectivity index (χ2n) is 6.59. The second kappa shape index (κ2) is 6.37. The van der Waals surface area contributed by atoms with Gasteiger partial charge < -0.3 is 15.8 Å². The number of rotatable bonds is 4. The molecule has 0 bridgehead atoms. The van der Waals surface area contributed by atoms with Gasteiger partial charge in [-0.05, 0) is 43.7 Å².